The Labute approximate surface area is 118 Å². The molecule has 19 heavy (non-hydrogen) atoms. The number of nitrogens with zero attached hydrogens (tertiary/aromatic N) is 1. The van der Waals surface area contributed by atoms with Crippen LogP contribution in [0.25, 0.3) is 0 Å². The van der Waals surface area contributed by atoms with Gasteiger partial charge in [0.1, 0.15) is 0 Å². The zero-order chi connectivity index (χ0) is 13.7. The van der Waals surface area contributed by atoms with Gasteiger partial charge in [0, 0.05) is 19.3 Å². The molecule has 0 spiro atoms. The van der Waals surface area contributed by atoms with E-state index < -0.39 is 0 Å². The van der Waals surface area contributed by atoms with Crippen LogP contribution in [-0.2, 0) is 6.42 Å². The number of halogens is 1. The van der Waals surface area contributed by atoms with E-state index in [0.717, 1.165) is 24.9 Å². The maximum absolute atomic E-state index is 11.1. The molecule has 0 fully saturated rings. The van der Waals surface area contributed by atoms with Crippen LogP contribution in [0.3, 0.4) is 0 Å². The summed E-state index contributed by atoms with van der Waals surface area (Å²) in [6.07, 6.45) is 1.75. The largest absolute Gasteiger partial charge is 0.374 e. The van der Waals surface area contributed by atoms with Crippen molar-refractivity contribution in [3.63, 3.8) is 0 Å². The highest BCUT2D eigenvalue weighted by molar-refractivity contribution is 6.33. The number of rotatable bonds is 5. The first-order valence-corrected chi connectivity index (χ1v) is 6.59. The number of hydrogen-bond acceptors (Lipinski definition) is 2. The molecule has 0 aliphatic rings. The molecular weight excluding hydrogens is 258 g/mol. The Hall–Kier alpha value is -1.80. The predicted octanol–water partition coefficient (Wildman–Crippen LogP) is 3.83. The van der Waals surface area contributed by atoms with Crippen molar-refractivity contribution in [2.45, 2.75) is 6.42 Å². The smallest absolute Gasteiger partial charge is 0.153 e. The molecule has 2 aromatic rings. The third-order valence-electron chi connectivity index (χ3n) is 3.14. The van der Waals surface area contributed by atoms with E-state index in [9.17, 15) is 4.79 Å². The monoisotopic (exact) mass is 273 g/mol. The van der Waals surface area contributed by atoms with Crippen LogP contribution in [0.1, 0.15) is 15.9 Å². The molecule has 3 heteroatoms. The number of hydrogen-bond donors (Lipinski definition) is 0. The minimum Gasteiger partial charge on any atom is -0.374 e. The highest BCUT2D eigenvalue weighted by Gasteiger charge is 2.09. The number of aldehydes is 1. The first-order chi connectivity index (χ1) is 9.22. The van der Waals surface area contributed by atoms with Gasteiger partial charge in [0.15, 0.2) is 6.29 Å². The SMILES string of the molecule is CN(CCc1ccccc1)c1cccc(Cl)c1C=O. The standard InChI is InChI=1S/C16H16ClNO/c1-18(11-10-13-6-3-2-4-7-13)16-9-5-8-15(17)14(16)12-19/h2-9,12H,10-11H2,1H3. The van der Waals surface area contributed by atoms with E-state index >= 15 is 0 Å². The van der Waals surface area contributed by atoms with Gasteiger partial charge < -0.3 is 4.90 Å². The Morgan fingerprint density at radius 3 is 2.53 bits per heavy atom. The van der Waals surface area contributed by atoms with Crippen LogP contribution in [0.5, 0.6) is 0 Å². The molecule has 0 unspecified atom stereocenters. The van der Waals surface area contributed by atoms with Gasteiger partial charge in [0.25, 0.3) is 0 Å². The van der Waals surface area contributed by atoms with Gasteiger partial charge in [-0.3, -0.25) is 4.79 Å². The van der Waals surface area contributed by atoms with E-state index in [2.05, 4.69) is 17.0 Å². The second-order valence-corrected chi connectivity index (χ2v) is 4.85. The molecule has 0 aromatic heterocycles. The topological polar surface area (TPSA) is 20.3 Å². The van der Waals surface area contributed by atoms with Gasteiger partial charge in [0.2, 0.25) is 0 Å². The summed E-state index contributed by atoms with van der Waals surface area (Å²) in [7, 11) is 1.97. The summed E-state index contributed by atoms with van der Waals surface area (Å²) in [6, 6.07) is 15.8. The van der Waals surface area contributed by atoms with Crippen molar-refractivity contribution in [3.8, 4) is 0 Å². The summed E-state index contributed by atoms with van der Waals surface area (Å²) in [4.78, 5) is 13.2. The van der Waals surface area contributed by atoms with Crippen LogP contribution in [0, 0.1) is 0 Å². The Balaban J connectivity index is 2.10. The van der Waals surface area contributed by atoms with Crippen molar-refractivity contribution in [2.24, 2.45) is 0 Å². The second kappa shape index (κ2) is 6.39. The molecule has 98 valence electrons. The number of benzene rings is 2. The molecule has 0 N–H and O–H groups in total. The first kappa shape index (κ1) is 13.6. The number of carbonyl (C=O) groups is 1. The van der Waals surface area contributed by atoms with E-state index in [4.69, 9.17) is 11.6 Å². The molecule has 0 heterocycles. The Morgan fingerprint density at radius 1 is 1.11 bits per heavy atom. The van der Waals surface area contributed by atoms with E-state index in [1.54, 1.807) is 6.07 Å². The number of carbonyl (C=O) groups excluding carboxylic acids is 1. The minimum atomic E-state index is 0.499. The van der Waals surface area contributed by atoms with Crippen molar-refractivity contribution in [1.82, 2.24) is 0 Å². The van der Waals surface area contributed by atoms with E-state index in [1.807, 2.05) is 37.4 Å². The van der Waals surface area contributed by atoms with Gasteiger partial charge in [-0.2, -0.15) is 0 Å². The lowest BCUT2D eigenvalue weighted by Gasteiger charge is -2.21. The highest BCUT2D eigenvalue weighted by atomic mass is 35.5. The molecule has 0 amide bonds. The Kier molecular flexibility index (Phi) is 4.58. The summed E-state index contributed by atoms with van der Waals surface area (Å²) >= 11 is 6.03. The minimum absolute atomic E-state index is 0.499. The second-order valence-electron chi connectivity index (χ2n) is 4.45. The molecule has 0 aliphatic carbocycles. The van der Waals surface area contributed by atoms with Gasteiger partial charge in [0.05, 0.1) is 10.6 Å². The average Bonchev–Trinajstić information content (AvgIpc) is 2.45. The van der Waals surface area contributed by atoms with Crippen molar-refractivity contribution in [1.29, 1.82) is 0 Å². The molecule has 2 aromatic carbocycles. The fraction of sp³-hybridized carbons (Fsp3) is 0.188. The van der Waals surface area contributed by atoms with Crippen LogP contribution in [0.4, 0.5) is 5.69 Å². The Morgan fingerprint density at radius 2 is 1.84 bits per heavy atom. The Bertz CT molecular complexity index is 554. The van der Waals surface area contributed by atoms with E-state index in [0.29, 0.717) is 10.6 Å². The van der Waals surface area contributed by atoms with Crippen molar-refractivity contribution >= 4 is 23.6 Å². The molecule has 2 rings (SSSR count). The van der Waals surface area contributed by atoms with Crippen molar-refractivity contribution in [3.05, 3.63) is 64.7 Å². The van der Waals surface area contributed by atoms with Gasteiger partial charge in [-0.25, -0.2) is 0 Å². The maximum atomic E-state index is 11.1. The van der Waals surface area contributed by atoms with Crippen molar-refractivity contribution < 1.29 is 4.79 Å². The zero-order valence-corrected chi connectivity index (χ0v) is 11.6. The normalized spacial score (nSPS) is 10.2. The molecule has 0 atom stereocenters. The maximum Gasteiger partial charge on any atom is 0.153 e. The first-order valence-electron chi connectivity index (χ1n) is 6.21. The van der Waals surface area contributed by atoms with Crippen LogP contribution in [-0.4, -0.2) is 19.9 Å². The summed E-state index contributed by atoms with van der Waals surface area (Å²) in [5, 5.41) is 0.499. The summed E-state index contributed by atoms with van der Waals surface area (Å²) < 4.78 is 0. The summed E-state index contributed by atoms with van der Waals surface area (Å²) in [5.74, 6) is 0. The van der Waals surface area contributed by atoms with Gasteiger partial charge >= 0.3 is 0 Å². The van der Waals surface area contributed by atoms with Gasteiger partial charge in [-0.05, 0) is 24.1 Å². The van der Waals surface area contributed by atoms with E-state index in [1.165, 1.54) is 5.56 Å². The van der Waals surface area contributed by atoms with Crippen molar-refractivity contribution in [2.75, 3.05) is 18.5 Å². The molecule has 0 bridgehead atoms. The lowest BCUT2D eigenvalue weighted by Crippen LogP contribution is -2.21. The third kappa shape index (κ3) is 3.36. The average molecular weight is 274 g/mol. The van der Waals surface area contributed by atoms with Crippen LogP contribution >= 0.6 is 11.6 Å². The lowest BCUT2D eigenvalue weighted by molar-refractivity contribution is 0.112. The molecule has 0 aliphatic heterocycles. The number of likely N-dealkylation sites (N-methyl/N-ethyl adjacent to an activating group) is 1. The van der Waals surface area contributed by atoms with Crippen LogP contribution in [0.2, 0.25) is 5.02 Å². The fourth-order valence-electron chi connectivity index (χ4n) is 2.04. The highest BCUT2D eigenvalue weighted by Crippen LogP contribution is 2.25. The fourth-order valence-corrected chi connectivity index (χ4v) is 2.25. The molecule has 0 radical (unpaired) electrons. The predicted molar refractivity (Wildman–Crippen MR) is 80.3 cm³/mol. The third-order valence-corrected chi connectivity index (χ3v) is 3.47. The van der Waals surface area contributed by atoms with Gasteiger partial charge in [-0.1, -0.05) is 48.0 Å². The zero-order valence-electron chi connectivity index (χ0n) is 10.8. The lowest BCUT2D eigenvalue weighted by atomic mass is 10.1. The molecular formula is C16H16ClNO. The van der Waals surface area contributed by atoms with E-state index in [-0.39, 0.29) is 0 Å². The number of anilines is 1. The summed E-state index contributed by atoms with van der Waals surface area (Å²) in [5.41, 5.74) is 2.71. The quantitative estimate of drug-likeness (QED) is 0.772. The molecule has 0 saturated carbocycles. The molecule has 2 nitrogen and oxygen atoms in total. The summed E-state index contributed by atoms with van der Waals surface area (Å²) in [6.45, 7) is 0.838. The molecule has 0 saturated heterocycles. The van der Waals surface area contributed by atoms with Crippen LogP contribution < -0.4 is 4.90 Å². The van der Waals surface area contributed by atoms with Crippen LogP contribution in [0.15, 0.2) is 48.5 Å². The van der Waals surface area contributed by atoms with Gasteiger partial charge in [-0.15, -0.1) is 0 Å².